The second kappa shape index (κ2) is 4.72. The lowest BCUT2D eigenvalue weighted by Crippen LogP contribution is -2.58. The predicted molar refractivity (Wildman–Crippen MR) is 62.0 cm³/mol. The van der Waals surface area contributed by atoms with E-state index in [0.29, 0.717) is 19.6 Å². The Morgan fingerprint density at radius 2 is 2.19 bits per heavy atom. The summed E-state index contributed by atoms with van der Waals surface area (Å²) in [5.74, 6) is -0.0860. The van der Waals surface area contributed by atoms with Crippen LogP contribution in [-0.4, -0.2) is 42.5 Å². The quantitative estimate of drug-likeness (QED) is 0.687. The van der Waals surface area contributed by atoms with Crippen LogP contribution in [0.4, 0.5) is 4.79 Å². The monoisotopic (exact) mass is 227 g/mol. The van der Waals surface area contributed by atoms with Crippen molar-refractivity contribution in [2.24, 2.45) is 5.41 Å². The van der Waals surface area contributed by atoms with Gasteiger partial charge in [0.1, 0.15) is 6.04 Å². The average molecular weight is 227 g/mol. The first-order valence-corrected chi connectivity index (χ1v) is 5.63. The SMILES string of the molecule is CC1C(=O)NCCN1C(=O)NCC(C)(C)C. The van der Waals surface area contributed by atoms with E-state index in [4.69, 9.17) is 0 Å². The third-order valence-corrected chi connectivity index (χ3v) is 2.53. The van der Waals surface area contributed by atoms with Crippen molar-refractivity contribution in [3.8, 4) is 0 Å². The van der Waals surface area contributed by atoms with Gasteiger partial charge >= 0.3 is 6.03 Å². The van der Waals surface area contributed by atoms with Crippen LogP contribution in [0.15, 0.2) is 0 Å². The maximum Gasteiger partial charge on any atom is 0.318 e. The number of carbonyl (C=O) groups is 2. The summed E-state index contributed by atoms with van der Waals surface area (Å²) in [6.45, 7) is 9.62. The van der Waals surface area contributed by atoms with Crippen molar-refractivity contribution in [2.45, 2.75) is 33.7 Å². The Morgan fingerprint density at radius 1 is 1.56 bits per heavy atom. The van der Waals surface area contributed by atoms with Gasteiger partial charge in [-0.15, -0.1) is 0 Å². The number of amides is 3. The first-order chi connectivity index (χ1) is 7.31. The second-order valence-electron chi connectivity index (χ2n) is 5.38. The van der Waals surface area contributed by atoms with Crippen molar-refractivity contribution in [2.75, 3.05) is 19.6 Å². The summed E-state index contributed by atoms with van der Waals surface area (Å²) in [6.07, 6.45) is 0. The fourth-order valence-electron chi connectivity index (χ4n) is 1.50. The lowest BCUT2D eigenvalue weighted by molar-refractivity contribution is -0.126. The van der Waals surface area contributed by atoms with Crippen molar-refractivity contribution >= 4 is 11.9 Å². The van der Waals surface area contributed by atoms with E-state index in [1.807, 2.05) is 0 Å². The molecule has 0 aromatic carbocycles. The zero-order chi connectivity index (χ0) is 12.3. The summed E-state index contributed by atoms with van der Waals surface area (Å²) in [5, 5.41) is 5.58. The van der Waals surface area contributed by atoms with Crippen LogP contribution in [0.2, 0.25) is 0 Å². The van der Waals surface area contributed by atoms with Gasteiger partial charge in [-0.25, -0.2) is 4.79 Å². The molecular weight excluding hydrogens is 206 g/mol. The second-order valence-corrected chi connectivity index (χ2v) is 5.38. The maximum atomic E-state index is 11.8. The lowest BCUT2D eigenvalue weighted by Gasteiger charge is -2.33. The molecule has 1 aliphatic heterocycles. The lowest BCUT2D eigenvalue weighted by atomic mass is 9.97. The van der Waals surface area contributed by atoms with E-state index in [-0.39, 0.29) is 23.4 Å². The molecule has 0 saturated carbocycles. The van der Waals surface area contributed by atoms with E-state index in [0.717, 1.165) is 0 Å². The summed E-state index contributed by atoms with van der Waals surface area (Å²) in [4.78, 5) is 24.8. The molecule has 1 heterocycles. The minimum Gasteiger partial charge on any atom is -0.353 e. The van der Waals surface area contributed by atoms with Crippen LogP contribution in [-0.2, 0) is 4.79 Å². The van der Waals surface area contributed by atoms with Crippen LogP contribution in [0, 0.1) is 5.41 Å². The van der Waals surface area contributed by atoms with Gasteiger partial charge in [-0.05, 0) is 12.3 Å². The fraction of sp³-hybridized carbons (Fsp3) is 0.818. The highest BCUT2D eigenvalue weighted by atomic mass is 16.2. The number of piperazine rings is 1. The van der Waals surface area contributed by atoms with Crippen LogP contribution in [0.1, 0.15) is 27.7 Å². The molecule has 0 bridgehead atoms. The highest BCUT2D eigenvalue weighted by Crippen LogP contribution is 2.11. The van der Waals surface area contributed by atoms with Gasteiger partial charge < -0.3 is 15.5 Å². The zero-order valence-corrected chi connectivity index (χ0v) is 10.5. The summed E-state index contributed by atoms with van der Waals surface area (Å²) >= 11 is 0. The molecule has 3 amide bonds. The fourth-order valence-corrected chi connectivity index (χ4v) is 1.50. The maximum absolute atomic E-state index is 11.8. The van der Waals surface area contributed by atoms with E-state index in [9.17, 15) is 9.59 Å². The molecule has 2 N–H and O–H groups in total. The normalized spacial score (nSPS) is 21.6. The summed E-state index contributed by atoms with van der Waals surface area (Å²) in [7, 11) is 0. The number of nitrogens with one attached hydrogen (secondary N) is 2. The smallest absolute Gasteiger partial charge is 0.318 e. The van der Waals surface area contributed by atoms with Gasteiger partial charge in [0.25, 0.3) is 0 Å². The number of nitrogens with zero attached hydrogens (tertiary/aromatic N) is 1. The Kier molecular flexibility index (Phi) is 3.78. The third-order valence-electron chi connectivity index (χ3n) is 2.53. The molecule has 16 heavy (non-hydrogen) atoms. The molecule has 5 nitrogen and oxygen atoms in total. The van der Waals surface area contributed by atoms with Crippen LogP contribution >= 0.6 is 0 Å². The molecule has 1 rings (SSSR count). The van der Waals surface area contributed by atoms with Gasteiger partial charge in [-0.2, -0.15) is 0 Å². The predicted octanol–water partition coefficient (Wildman–Crippen LogP) is 0.562. The van der Waals surface area contributed by atoms with Gasteiger partial charge in [0.15, 0.2) is 0 Å². The molecule has 1 fully saturated rings. The molecule has 0 radical (unpaired) electrons. The summed E-state index contributed by atoms with van der Waals surface area (Å²) in [6, 6.07) is -0.536. The van der Waals surface area contributed by atoms with Gasteiger partial charge in [-0.3, -0.25) is 4.79 Å². The molecule has 1 unspecified atom stereocenters. The first-order valence-electron chi connectivity index (χ1n) is 5.63. The summed E-state index contributed by atoms with van der Waals surface area (Å²) < 4.78 is 0. The number of carbonyl (C=O) groups excluding carboxylic acids is 2. The Morgan fingerprint density at radius 3 is 2.75 bits per heavy atom. The van der Waals surface area contributed by atoms with Crippen LogP contribution in [0.25, 0.3) is 0 Å². The topological polar surface area (TPSA) is 61.4 Å². The van der Waals surface area contributed by atoms with Crippen molar-refractivity contribution in [1.82, 2.24) is 15.5 Å². The van der Waals surface area contributed by atoms with E-state index >= 15 is 0 Å². The first kappa shape index (κ1) is 12.8. The number of rotatable bonds is 1. The summed E-state index contributed by atoms with van der Waals surface area (Å²) in [5.41, 5.74) is 0.0525. The van der Waals surface area contributed by atoms with E-state index in [2.05, 4.69) is 31.4 Å². The molecule has 1 atom stereocenters. The zero-order valence-electron chi connectivity index (χ0n) is 10.5. The van der Waals surface area contributed by atoms with Crippen LogP contribution in [0.5, 0.6) is 0 Å². The number of hydrogen-bond acceptors (Lipinski definition) is 2. The van der Waals surface area contributed by atoms with Gasteiger partial charge in [0.2, 0.25) is 5.91 Å². The van der Waals surface area contributed by atoms with Crippen LogP contribution in [0.3, 0.4) is 0 Å². The molecule has 0 aliphatic carbocycles. The van der Waals surface area contributed by atoms with Gasteiger partial charge in [0.05, 0.1) is 0 Å². The highest BCUT2D eigenvalue weighted by molar-refractivity contribution is 5.87. The minimum atomic E-state index is -0.381. The molecule has 0 spiro atoms. The highest BCUT2D eigenvalue weighted by Gasteiger charge is 2.29. The molecular formula is C11H21N3O2. The van der Waals surface area contributed by atoms with Gasteiger partial charge in [0, 0.05) is 19.6 Å². The Balaban J connectivity index is 2.50. The molecule has 1 saturated heterocycles. The molecule has 92 valence electrons. The molecule has 1 aliphatic rings. The average Bonchev–Trinajstić information content (AvgIpc) is 2.17. The Hall–Kier alpha value is -1.26. The van der Waals surface area contributed by atoms with Crippen LogP contribution < -0.4 is 10.6 Å². The molecule has 5 heteroatoms. The minimum absolute atomic E-state index is 0.0525. The van der Waals surface area contributed by atoms with Gasteiger partial charge in [-0.1, -0.05) is 20.8 Å². The van der Waals surface area contributed by atoms with E-state index in [1.165, 1.54) is 0 Å². The Bertz CT molecular complexity index is 283. The standard InChI is InChI=1S/C11H21N3O2/c1-8-9(15)12-5-6-14(8)10(16)13-7-11(2,3)4/h8H,5-7H2,1-4H3,(H,12,15)(H,13,16). The van der Waals surface area contributed by atoms with Crippen molar-refractivity contribution < 1.29 is 9.59 Å². The number of hydrogen-bond donors (Lipinski definition) is 2. The van der Waals surface area contributed by atoms with E-state index < -0.39 is 0 Å². The molecule has 0 aromatic rings. The largest absolute Gasteiger partial charge is 0.353 e. The third kappa shape index (κ3) is 3.40. The number of urea groups is 1. The molecule has 0 aromatic heterocycles. The van der Waals surface area contributed by atoms with E-state index in [1.54, 1.807) is 11.8 Å². The van der Waals surface area contributed by atoms with Crippen molar-refractivity contribution in [1.29, 1.82) is 0 Å². The Labute approximate surface area is 96.6 Å². The van der Waals surface area contributed by atoms with Crippen molar-refractivity contribution in [3.63, 3.8) is 0 Å². The van der Waals surface area contributed by atoms with Crippen molar-refractivity contribution in [3.05, 3.63) is 0 Å².